The molecule has 0 radical (unpaired) electrons. The fraction of sp³-hybridized carbons (Fsp3) is 0.833. The van der Waals surface area contributed by atoms with Crippen molar-refractivity contribution < 1.29 is 9.16 Å². The molecule has 0 saturated carbocycles. The smallest absolute Gasteiger partial charge is 0.241 e. The highest BCUT2D eigenvalue weighted by molar-refractivity contribution is 6.70. The molecule has 2 bridgehead atoms. The van der Waals surface area contributed by atoms with Gasteiger partial charge in [0.25, 0.3) is 0 Å². The second-order valence-electron chi connectivity index (χ2n) is 5.79. The first-order chi connectivity index (χ1) is 6.88. The lowest BCUT2D eigenvalue weighted by Gasteiger charge is -2.34. The van der Waals surface area contributed by atoms with Crippen molar-refractivity contribution in [3.05, 3.63) is 11.3 Å². The largest absolute Gasteiger partial charge is 0.547 e. The molecule has 0 unspecified atom stereocenters. The third kappa shape index (κ3) is 2.13. The van der Waals surface area contributed by atoms with Gasteiger partial charge in [0.15, 0.2) is 0 Å². The van der Waals surface area contributed by atoms with Crippen LogP contribution in [0.5, 0.6) is 0 Å². The van der Waals surface area contributed by atoms with E-state index in [1.807, 2.05) is 0 Å². The molecule has 0 amide bonds. The number of ether oxygens (including phenoxy) is 1. The molecule has 0 aromatic rings. The lowest BCUT2D eigenvalue weighted by molar-refractivity contribution is 0.0105. The minimum atomic E-state index is -1.47. The summed E-state index contributed by atoms with van der Waals surface area (Å²) in [5, 5.41) is 0. The summed E-state index contributed by atoms with van der Waals surface area (Å²) in [5.74, 6) is 1.70. The average molecular weight is 226 g/mol. The molecule has 0 spiro atoms. The standard InChI is InChI=1S/C12H22O2Si/c1-8-10-6-7-11(13-10)9(2)12(8)14-15(3,4)5/h8,10-11H,6-7H2,1-5H3/t8-,10+,11-/m0/s1. The summed E-state index contributed by atoms with van der Waals surface area (Å²) in [6.07, 6.45) is 3.13. The zero-order valence-electron chi connectivity index (χ0n) is 10.5. The molecular weight excluding hydrogens is 204 g/mol. The van der Waals surface area contributed by atoms with Gasteiger partial charge in [-0.1, -0.05) is 6.92 Å². The van der Waals surface area contributed by atoms with E-state index in [2.05, 4.69) is 33.5 Å². The molecular formula is C12H22O2Si. The van der Waals surface area contributed by atoms with Gasteiger partial charge in [-0.15, -0.1) is 0 Å². The maximum atomic E-state index is 6.22. The predicted octanol–water partition coefficient (Wildman–Crippen LogP) is 3.31. The van der Waals surface area contributed by atoms with E-state index in [0.29, 0.717) is 18.1 Å². The predicted molar refractivity (Wildman–Crippen MR) is 64.2 cm³/mol. The van der Waals surface area contributed by atoms with Crippen molar-refractivity contribution in [2.24, 2.45) is 5.92 Å². The SMILES string of the molecule is CC1=C(O[Si](C)(C)C)[C@@H](C)[C@H]2CC[C@@H]1O2. The fourth-order valence-corrected chi connectivity index (χ4v) is 3.55. The van der Waals surface area contributed by atoms with Crippen LogP contribution in [0.2, 0.25) is 19.6 Å². The van der Waals surface area contributed by atoms with Crippen LogP contribution < -0.4 is 0 Å². The first kappa shape index (κ1) is 11.2. The average Bonchev–Trinajstić information content (AvgIpc) is 2.54. The van der Waals surface area contributed by atoms with Crippen LogP contribution in [0.15, 0.2) is 11.3 Å². The zero-order valence-corrected chi connectivity index (χ0v) is 11.5. The van der Waals surface area contributed by atoms with Gasteiger partial charge in [0.2, 0.25) is 8.32 Å². The van der Waals surface area contributed by atoms with E-state index in [-0.39, 0.29) is 0 Å². The molecule has 1 fully saturated rings. The van der Waals surface area contributed by atoms with Gasteiger partial charge in [0.1, 0.15) is 0 Å². The fourth-order valence-electron chi connectivity index (χ4n) is 2.54. The van der Waals surface area contributed by atoms with Crippen LogP contribution >= 0.6 is 0 Å². The van der Waals surface area contributed by atoms with Crippen LogP contribution in [0.4, 0.5) is 0 Å². The molecule has 3 heteroatoms. The molecule has 2 heterocycles. The maximum absolute atomic E-state index is 6.22. The van der Waals surface area contributed by atoms with Gasteiger partial charge in [0.05, 0.1) is 18.0 Å². The van der Waals surface area contributed by atoms with E-state index < -0.39 is 8.32 Å². The van der Waals surface area contributed by atoms with Gasteiger partial charge in [-0.2, -0.15) is 0 Å². The lowest BCUT2D eigenvalue weighted by Crippen LogP contribution is -2.35. The third-order valence-corrected chi connectivity index (χ3v) is 4.14. The second-order valence-corrected chi connectivity index (χ2v) is 10.2. The van der Waals surface area contributed by atoms with E-state index in [0.717, 1.165) is 0 Å². The van der Waals surface area contributed by atoms with E-state index in [1.54, 1.807) is 0 Å². The van der Waals surface area contributed by atoms with Gasteiger partial charge in [-0.05, 0) is 45.0 Å². The van der Waals surface area contributed by atoms with Crippen LogP contribution in [0.3, 0.4) is 0 Å². The Morgan fingerprint density at radius 3 is 2.53 bits per heavy atom. The summed E-state index contributed by atoms with van der Waals surface area (Å²) in [5.41, 5.74) is 1.35. The first-order valence-corrected chi connectivity index (χ1v) is 9.34. The van der Waals surface area contributed by atoms with Crippen molar-refractivity contribution in [3.63, 3.8) is 0 Å². The Labute approximate surface area is 93.8 Å². The summed E-state index contributed by atoms with van der Waals surface area (Å²) in [6.45, 7) is 11.2. The topological polar surface area (TPSA) is 18.5 Å². The summed E-state index contributed by atoms with van der Waals surface area (Å²) in [4.78, 5) is 0. The van der Waals surface area contributed by atoms with E-state index in [9.17, 15) is 0 Å². The monoisotopic (exact) mass is 226 g/mol. The lowest BCUT2D eigenvalue weighted by atomic mass is 9.98. The number of hydrogen-bond acceptors (Lipinski definition) is 2. The number of fused-ring (bicyclic) bond motifs is 2. The molecule has 2 aliphatic heterocycles. The van der Waals surface area contributed by atoms with Crippen LogP contribution in [0.1, 0.15) is 26.7 Å². The van der Waals surface area contributed by atoms with Gasteiger partial charge in [-0.3, -0.25) is 0 Å². The Morgan fingerprint density at radius 2 is 1.93 bits per heavy atom. The quantitative estimate of drug-likeness (QED) is 0.673. The Balaban J connectivity index is 2.24. The van der Waals surface area contributed by atoms with Crippen molar-refractivity contribution in [1.82, 2.24) is 0 Å². The zero-order chi connectivity index (χ0) is 11.2. The molecule has 1 saturated heterocycles. The number of hydrogen-bond donors (Lipinski definition) is 0. The van der Waals surface area contributed by atoms with Crippen molar-refractivity contribution in [2.75, 3.05) is 0 Å². The Morgan fingerprint density at radius 1 is 1.27 bits per heavy atom. The Hall–Kier alpha value is -0.283. The second kappa shape index (κ2) is 3.63. The van der Waals surface area contributed by atoms with Crippen LogP contribution in [0, 0.1) is 5.92 Å². The van der Waals surface area contributed by atoms with Gasteiger partial charge in [0, 0.05) is 5.92 Å². The molecule has 0 aromatic heterocycles. The van der Waals surface area contributed by atoms with Crippen molar-refractivity contribution in [1.29, 1.82) is 0 Å². The molecule has 0 aliphatic carbocycles. The summed E-state index contributed by atoms with van der Waals surface area (Å²) in [7, 11) is -1.47. The van der Waals surface area contributed by atoms with E-state index >= 15 is 0 Å². The van der Waals surface area contributed by atoms with Crippen LogP contribution in [-0.4, -0.2) is 20.5 Å². The minimum Gasteiger partial charge on any atom is -0.547 e. The Kier molecular flexibility index (Phi) is 2.71. The minimum absolute atomic E-state index is 0.345. The number of rotatable bonds is 2. The first-order valence-electron chi connectivity index (χ1n) is 5.93. The molecule has 2 nitrogen and oxygen atoms in total. The molecule has 0 aromatic carbocycles. The highest BCUT2D eigenvalue weighted by atomic mass is 28.4. The normalized spacial score (nSPS) is 35.9. The van der Waals surface area contributed by atoms with Crippen LogP contribution in [-0.2, 0) is 9.16 Å². The van der Waals surface area contributed by atoms with Crippen molar-refractivity contribution in [2.45, 2.75) is 58.5 Å². The van der Waals surface area contributed by atoms with Gasteiger partial charge < -0.3 is 9.16 Å². The molecule has 3 atom stereocenters. The maximum Gasteiger partial charge on any atom is 0.241 e. The Bertz CT molecular complexity index is 290. The molecule has 86 valence electrons. The van der Waals surface area contributed by atoms with E-state index in [1.165, 1.54) is 24.2 Å². The van der Waals surface area contributed by atoms with E-state index in [4.69, 9.17) is 9.16 Å². The highest BCUT2D eigenvalue weighted by Crippen LogP contribution is 2.41. The van der Waals surface area contributed by atoms with Crippen molar-refractivity contribution >= 4 is 8.32 Å². The van der Waals surface area contributed by atoms with Gasteiger partial charge >= 0.3 is 0 Å². The highest BCUT2D eigenvalue weighted by Gasteiger charge is 2.40. The van der Waals surface area contributed by atoms with Crippen molar-refractivity contribution in [3.8, 4) is 0 Å². The molecule has 15 heavy (non-hydrogen) atoms. The van der Waals surface area contributed by atoms with Crippen LogP contribution in [0.25, 0.3) is 0 Å². The van der Waals surface area contributed by atoms with Gasteiger partial charge in [-0.25, -0.2) is 0 Å². The molecule has 2 aliphatic rings. The molecule has 0 N–H and O–H groups in total. The molecule has 2 rings (SSSR count). The third-order valence-electron chi connectivity index (χ3n) is 3.31. The summed E-state index contributed by atoms with van der Waals surface area (Å²) >= 11 is 0. The summed E-state index contributed by atoms with van der Waals surface area (Å²) in [6, 6.07) is 0. The summed E-state index contributed by atoms with van der Waals surface area (Å²) < 4.78 is 12.2.